The average Bonchev–Trinajstić information content (AvgIpc) is 2.48. The molecule has 0 aliphatic rings. The Labute approximate surface area is 137 Å². The molecule has 0 atom stereocenters. The van der Waals surface area contributed by atoms with Gasteiger partial charge in [-0.1, -0.05) is 29.8 Å². The number of aromatic amines is 1. The van der Waals surface area contributed by atoms with Gasteiger partial charge in [-0.25, -0.2) is 15.4 Å². The zero-order chi connectivity index (χ0) is 16.4. The Kier molecular flexibility index (Phi) is 4.08. The molecule has 23 heavy (non-hydrogen) atoms. The van der Waals surface area contributed by atoms with E-state index < -0.39 is 0 Å². The summed E-state index contributed by atoms with van der Waals surface area (Å²) < 4.78 is 0. The Morgan fingerprint density at radius 1 is 1.26 bits per heavy atom. The average molecular weight is 328 g/mol. The van der Waals surface area contributed by atoms with Gasteiger partial charge in [-0.05, 0) is 25.5 Å². The highest BCUT2D eigenvalue weighted by Gasteiger charge is 2.05. The van der Waals surface area contributed by atoms with Gasteiger partial charge in [0.1, 0.15) is 5.15 Å². The molecular formula is C16H14ClN5O. The fourth-order valence-electron chi connectivity index (χ4n) is 2.23. The number of nitrogens with one attached hydrogen (secondary N) is 2. The van der Waals surface area contributed by atoms with Gasteiger partial charge < -0.3 is 0 Å². The maximum atomic E-state index is 11.4. The van der Waals surface area contributed by atoms with Crippen LogP contribution in [0.2, 0.25) is 5.15 Å². The van der Waals surface area contributed by atoms with E-state index >= 15 is 0 Å². The molecule has 0 aliphatic carbocycles. The molecule has 2 heterocycles. The van der Waals surface area contributed by atoms with Gasteiger partial charge in [-0.3, -0.25) is 9.78 Å². The van der Waals surface area contributed by atoms with Crippen LogP contribution in [-0.2, 0) is 0 Å². The van der Waals surface area contributed by atoms with Crippen LogP contribution in [0.25, 0.3) is 10.9 Å². The van der Waals surface area contributed by atoms with Crippen molar-refractivity contribution < 1.29 is 0 Å². The van der Waals surface area contributed by atoms with Crippen LogP contribution < -0.4 is 11.0 Å². The molecule has 3 rings (SSSR count). The highest BCUT2D eigenvalue weighted by molar-refractivity contribution is 6.32. The van der Waals surface area contributed by atoms with Crippen LogP contribution in [-0.4, -0.2) is 21.2 Å². The molecule has 0 saturated heterocycles. The van der Waals surface area contributed by atoms with Gasteiger partial charge in [0.15, 0.2) is 0 Å². The first-order valence-electron chi connectivity index (χ1n) is 6.96. The number of halogens is 1. The van der Waals surface area contributed by atoms with Crippen LogP contribution in [0.4, 0.5) is 5.95 Å². The fourth-order valence-corrected chi connectivity index (χ4v) is 2.41. The van der Waals surface area contributed by atoms with E-state index in [1.807, 2.05) is 31.2 Å². The standard InChI is InChI=1S/C16H14ClN5O/c1-9-4-3-5-11-7-12(15(17)21-14(9)11)8-18-22-16-19-10(2)6-13(23)20-16/h3-8H,1-2H3,(H2,19,20,22,23)/b18-8-. The molecular weight excluding hydrogens is 314 g/mol. The van der Waals surface area contributed by atoms with Crippen molar-refractivity contribution in [3.8, 4) is 0 Å². The molecule has 0 spiro atoms. The SMILES string of the molecule is Cc1cc(=O)[nH]c(N/N=C\c2cc3cccc(C)c3nc2Cl)n1. The number of benzene rings is 1. The summed E-state index contributed by atoms with van der Waals surface area (Å²) in [4.78, 5) is 22.4. The van der Waals surface area contributed by atoms with E-state index in [1.54, 1.807) is 13.1 Å². The Morgan fingerprint density at radius 2 is 2.09 bits per heavy atom. The lowest BCUT2D eigenvalue weighted by Gasteiger charge is -2.04. The van der Waals surface area contributed by atoms with E-state index in [-0.39, 0.29) is 11.5 Å². The normalized spacial score (nSPS) is 11.3. The fraction of sp³-hybridized carbons (Fsp3) is 0.125. The predicted molar refractivity (Wildman–Crippen MR) is 92.3 cm³/mol. The lowest BCUT2D eigenvalue weighted by atomic mass is 10.1. The maximum absolute atomic E-state index is 11.4. The molecule has 1 aromatic carbocycles. The summed E-state index contributed by atoms with van der Waals surface area (Å²) in [5.41, 5.74) is 5.65. The zero-order valence-corrected chi connectivity index (χ0v) is 13.3. The number of aryl methyl sites for hydroxylation is 2. The highest BCUT2D eigenvalue weighted by atomic mass is 35.5. The monoisotopic (exact) mass is 327 g/mol. The molecule has 0 bridgehead atoms. The Balaban J connectivity index is 1.89. The lowest BCUT2D eigenvalue weighted by molar-refractivity contribution is 1.04. The molecule has 0 amide bonds. The highest BCUT2D eigenvalue weighted by Crippen LogP contribution is 2.21. The topological polar surface area (TPSA) is 83.0 Å². The summed E-state index contributed by atoms with van der Waals surface area (Å²) in [7, 11) is 0. The lowest BCUT2D eigenvalue weighted by Crippen LogP contribution is -2.10. The Bertz CT molecular complexity index is 964. The number of rotatable bonds is 3. The van der Waals surface area contributed by atoms with Crippen molar-refractivity contribution in [2.75, 3.05) is 5.43 Å². The van der Waals surface area contributed by atoms with Crippen molar-refractivity contribution in [1.29, 1.82) is 0 Å². The number of H-pyrrole nitrogens is 1. The van der Waals surface area contributed by atoms with Gasteiger partial charge in [-0.15, -0.1) is 0 Å². The summed E-state index contributed by atoms with van der Waals surface area (Å²) in [5, 5.41) is 5.40. The smallest absolute Gasteiger partial charge is 0.252 e. The molecule has 0 saturated carbocycles. The van der Waals surface area contributed by atoms with Crippen molar-refractivity contribution in [2.45, 2.75) is 13.8 Å². The molecule has 7 heteroatoms. The van der Waals surface area contributed by atoms with E-state index in [0.717, 1.165) is 16.5 Å². The first-order chi connectivity index (χ1) is 11.0. The van der Waals surface area contributed by atoms with Gasteiger partial charge in [-0.2, -0.15) is 5.10 Å². The van der Waals surface area contributed by atoms with E-state index in [1.165, 1.54) is 6.07 Å². The van der Waals surface area contributed by atoms with Gasteiger partial charge in [0.25, 0.3) is 5.56 Å². The summed E-state index contributed by atoms with van der Waals surface area (Å²) in [6, 6.07) is 9.24. The van der Waals surface area contributed by atoms with Crippen LogP contribution in [0.3, 0.4) is 0 Å². The molecule has 0 radical (unpaired) electrons. The second-order valence-corrected chi connectivity index (χ2v) is 5.48. The number of nitrogens with zero attached hydrogens (tertiary/aromatic N) is 3. The maximum Gasteiger partial charge on any atom is 0.252 e. The van der Waals surface area contributed by atoms with E-state index in [2.05, 4.69) is 25.5 Å². The zero-order valence-electron chi connectivity index (χ0n) is 12.6. The van der Waals surface area contributed by atoms with Crippen LogP contribution >= 0.6 is 11.6 Å². The Morgan fingerprint density at radius 3 is 2.87 bits per heavy atom. The molecule has 0 aliphatic heterocycles. The van der Waals surface area contributed by atoms with Gasteiger partial charge in [0, 0.05) is 22.7 Å². The number of hydrogen-bond donors (Lipinski definition) is 2. The summed E-state index contributed by atoms with van der Waals surface area (Å²) in [5.74, 6) is 0.270. The van der Waals surface area contributed by atoms with Gasteiger partial charge >= 0.3 is 0 Å². The van der Waals surface area contributed by atoms with Crippen molar-refractivity contribution in [3.05, 3.63) is 62.7 Å². The number of hydrazone groups is 1. The molecule has 0 fully saturated rings. The molecule has 2 aromatic heterocycles. The largest absolute Gasteiger partial charge is 0.291 e. The third kappa shape index (κ3) is 3.37. The minimum Gasteiger partial charge on any atom is -0.291 e. The van der Waals surface area contributed by atoms with Gasteiger partial charge in [0.05, 0.1) is 11.7 Å². The number of anilines is 1. The second-order valence-electron chi connectivity index (χ2n) is 5.12. The minimum absolute atomic E-state index is 0.240. The second kappa shape index (κ2) is 6.18. The van der Waals surface area contributed by atoms with Crippen LogP contribution in [0, 0.1) is 13.8 Å². The van der Waals surface area contributed by atoms with Crippen molar-refractivity contribution >= 4 is 34.7 Å². The first-order valence-corrected chi connectivity index (χ1v) is 7.33. The van der Waals surface area contributed by atoms with Crippen LogP contribution in [0.5, 0.6) is 0 Å². The van der Waals surface area contributed by atoms with Crippen LogP contribution in [0.15, 0.2) is 40.2 Å². The molecule has 0 unspecified atom stereocenters. The molecule has 116 valence electrons. The predicted octanol–water partition coefficient (Wildman–Crippen LogP) is 3.03. The number of para-hydroxylation sites is 1. The number of pyridine rings is 1. The Hall–Kier alpha value is -2.73. The van der Waals surface area contributed by atoms with E-state index in [4.69, 9.17) is 11.6 Å². The van der Waals surface area contributed by atoms with Gasteiger partial charge in [0.2, 0.25) is 5.95 Å². The summed E-state index contributed by atoms with van der Waals surface area (Å²) in [6.45, 7) is 3.72. The number of hydrogen-bond acceptors (Lipinski definition) is 5. The molecule has 2 N–H and O–H groups in total. The van der Waals surface area contributed by atoms with Crippen LogP contribution in [0.1, 0.15) is 16.8 Å². The molecule has 3 aromatic rings. The van der Waals surface area contributed by atoms with E-state index in [0.29, 0.717) is 16.4 Å². The first kappa shape index (κ1) is 15.2. The quantitative estimate of drug-likeness (QED) is 0.440. The number of aromatic nitrogens is 3. The van der Waals surface area contributed by atoms with Crippen molar-refractivity contribution in [2.24, 2.45) is 5.10 Å². The summed E-state index contributed by atoms with van der Waals surface area (Å²) in [6.07, 6.45) is 1.54. The van der Waals surface area contributed by atoms with E-state index in [9.17, 15) is 4.79 Å². The third-order valence-electron chi connectivity index (χ3n) is 3.27. The van der Waals surface area contributed by atoms with Crippen molar-refractivity contribution in [3.63, 3.8) is 0 Å². The van der Waals surface area contributed by atoms with Crippen molar-refractivity contribution in [1.82, 2.24) is 15.0 Å². The third-order valence-corrected chi connectivity index (χ3v) is 3.57. The minimum atomic E-state index is -0.240. The number of fused-ring (bicyclic) bond motifs is 1. The molecule has 6 nitrogen and oxygen atoms in total. The summed E-state index contributed by atoms with van der Waals surface area (Å²) >= 11 is 6.20.